The topological polar surface area (TPSA) is 20.2 Å². The van der Waals surface area contributed by atoms with Crippen LogP contribution in [0.4, 0.5) is 0 Å². The summed E-state index contributed by atoms with van der Waals surface area (Å²) >= 11 is 0. The van der Waals surface area contributed by atoms with Crippen LogP contribution in [0.1, 0.15) is 66.7 Å². The van der Waals surface area contributed by atoms with E-state index in [0.717, 1.165) is 12.8 Å². The summed E-state index contributed by atoms with van der Waals surface area (Å²) in [6.07, 6.45) is 5.60. The predicted molar refractivity (Wildman–Crippen MR) is 67.9 cm³/mol. The van der Waals surface area contributed by atoms with Gasteiger partial charge in [-0.05, 0) is 43.4 Å². The van der Waals surface area contributed by atoms with E-state index in [1.165, 1.54) is 19.3 Å². The molecule has 2 atom stereocenters. The number of aliphatic hydroxyl groups excluding tert-OH is 1. The van der Waals surface area contributed by atoms with Gasteiger partial charge in [-0.3, -0.25) is 0 Å². The lowest BCUT2D eigenvalue weighted by Gasteiger charge is -2.24. The minimum Gasteiger partial charge on any atom is -0.393 e. The zero-order valence-corrected chi connectivity index (χ0v) is 11.3. The van der Waals surface area contributed by atoms with Crippen LogP contribution in [-0.4, -0.2) is 11.2 Å². The number of hydrogen-bond acceptors (Lipinski definition) is 1. The molecule has 0 spiro atoms. The summed E-state index contributed by atoms with van der Waals surface area (Å²) in [5.74, 6) is 1.94. The Kier molecular flexibility index (Phi) is 8.13. The highest BCUT2D eigenvalue weighted by Crippen LogP contribution is 2.24. The molecule has 1 heteroatoms. The van der Waals surface area contributed by atoms with Crippen molar-refractivity contribution in [2.24, 2.45) is 17.8 Å². The van der Waals surface area contributed by atoms with Crippen molar-refractivity contribution >= 4 is 0 Å². The molecule has 0 aromatic rings. The zero-order valence-electron chi connectivity index (χ0n) is 11.3. The Bertz CT molecular complexity index is 140. The van der Waals surface area contributed by atoms with Gasteiger partial charge in [0.05, 0.1) is 6.10 Å². The van der Waals surface area contributed by atoms with Gasteiger partial charge in [-0.1, -0.05) is 41.0 Å². The molecule has 1 nitrogen and oxygen atoms in total. The summed E-state index contributed by atoms with van der Waals surface area (Å²) in [5.41, 5.74) is 0. The lowest BCUT2D eigenvalue weighted by Crippen LogP contribution is -2.22. The molecule has 0 aliphatic carbocycles. The van der Waals surface area contributed by atoms with Gasteiger partial charge in [0.1, 0.15) is 0 Å². The zero-order chi connectivity index (χ0) is 11.8. The molecule has 0 saturated heterocycles. The maximum absolute atomic E-state index is 10.1. The van der Waals surface area contributed by atoms with E-state index in [0.29, 0.717) is 17.8 Å². The molecule has 0 amide bonds. The van der Waals surface area contributed by atoms with E-state index in [2.05, 4.69) is 34.6 Å². The Morgan fingerprint density at radius 3 is 1.87 bits per heavy atom. The molecule has 0 fully saturated rings. The van der Waals surface area contributed by atoms with E-state index in [4.69, 9.17) is 0 Å². The monoisotopic (exact) mass is 214 g/mol. The van der Waals surface area contributed by atoms with Crippen LogP contribution in [0, 0.1) is 17.8 Å². The van der Waals surface area contributed by atoms with Crippen molar-refractivity contribution in [3.63, 3.8) is 0 Å². The first-order chi connectivity index (χ1) is 6.97. The second-order valence-electron chi connectivity index (χ2n) is 5.72. The van der Waals surface area contributed by atoms with Gasteiger partial charge < -0.3 is 5.11 Å². The summed E-state index contributed by atoms with van der Waals surface area (Å²) in [4.78, 5) is 0. The van der Waals surface area contributed by atoms with Crippen LogP contribution in [0.15, 0.2) is 0 Å². The quantitative estimate of drug-likeness (QED) is 0.640. The summed E-state index contributed by atoms with van der Waals surface area (Å²) in [6, 6.07) is 0. The van der Waals surface area contributed by atoms with Crippen LogP contribution in [0.2, 0.25) is 0 Å². The molecule has 0 aromatic carbocycles. The van der Waals surface area contributed by atoms with Crippen LogP contribution in [-0.2, 0) is 0 Å². The van der Waals surface area contributed by atoms with Gasteiger partial charge in [0.2, 0.25) is 0 Å². The van der Waals surface area contributed by atoms with Crippen molar-refractivity contribution in [3.8, 4) is 0 Å². The predicted octanol–water partition coefficient (Wildman–Crippen LogP) is 4.25. The fourth-order valence-electron chi connectivity index (χ4n) is 2.18. The second-order valence-corrected chi connectivity index (χ2v) is 5.72. The van der Waals surface area contributed by atoms with Crippen LogP contribution in [0.3, 0.4) is 0 Å². The second kappa shape index (κ2) is 8.15. The molecular formula is C14H30O. The average Bonchev–Trinajstić information content (AvgIpc) is 2.12. The van der Waals surface area contributed by atoms with Gasteiger partial charge in [0.15, 0.2) is 0 Å². The van der Waals surface area contributed by atoms with E-state index in [1.807, 2.05) is 0 Å². The van der Waals surface area contributed by atoms with E-state index in [1.54, 1.807) is 0 Å². The molecule has 1 N–H and O–H groups in total. The lowest BCUT2D eigenvalue weighted by molar-refractivity contribution is 0.0762. The van der Waals surface area contributed by atoms with E-state index >= 15 is 0 Å². The molecule has 0 aliphatic rings. The highest BCUT2D eigenvalue weighted by molar-refractivity contribution is 4.70. The van der Waals surface area contributed by atoms with Crippen molar-refractivity contribution in [1.29, 1.82) is 0 Å². The average molecular weight is 214 g/mol. The molecule has 0 rings (SSSR count). The Morgan fingerprint density at radius 2 is 1.47 bits per heavy atom. The third kappa shape index (κ3) is 7.84. The normalized spacial score (nSPS) is 16.0. The molecule has 0 saturated carbocycles. The molecular weight excluding hydrogens is 184 g/mol. The highest BCUT2D eigenvalue weighted by Gasteiger charge is 2.19. The van der Waals surface area contributed by atoms with E-state index < -0.39 is 0 Å². The van der Waals surface area contributed by atoms with Crippen molar-refractivity contribution in [2.45, 2.75) is 72.8 Å². The molecule has 92 valence electrons. The molecule has 0 heterocycles. The van der Waals surface area contributed by atoms with Crippen LogP contribution >= 0.6 is 0 Å². The fourth-order valence-corrected chi connectivity index (χ4v) is 2.18. The van der Waals surface area contributed by atoms with Crippen LogP contribution in [0.25, 0.3) is 0 Å². The first-order valence-electron chi connectivity index (χ1n) is 6.65. The molecule has 0 bridgehead atoms. The molecule has 0 aromatic heterocycles. The van der Waals surface area contributed by atoms with Crippen LogP contribution in [0.5, 0.6) is 0 Å². The SMILES string of the molecule is CCCC(CC(C)C)C(O)CCC(C)C. The summed E-state index contributed by atoms with van der Waals surface area (Å²) < 4.78 is 0. The Labute approximate surface area is 96.3 Å². The lowest BCUT2D eigenvalue weighted by atomic mass is 9.85. The fraction of sp³-hybridized carbons (Fsp3) is 1.00. The van der Waals surface area contributed by atoms with Gasteiger partial charge in [-0.2, -0.15) is 0 Å². The van der Waals surface area contributed by atoms with Crippen molar-refractivity contribution in [2.75, 3.05) is 0 Å². The summed E-state index contributed by atoms with van der Waals surface area (Å²) in [5, 5.41) is 10.1. The first kappa shape index (κ1) is 15.0. The third-order valence-electron chi connectivity index (χ3n) is 3.02. The van der Waals surface area contributed by atoms with Crippen molar-refractivity contribution in [3.05, 3.63) is 0 Å². The largest absolute Gasteiger partial charge is 0.393 e. The van der Waals surface area contributed by atoms with Gasteiger partial charge in [0, 0.05) is 0 Å². The van der Waals surface area contributed by atoms with Gasteiger partial charge >= 0.3 is 0 Å². The standard InChI is InChI=1S/C14H30O/c1-6-7-13(10-12(4)5)14(15)9-8-11(2)3/h11-15H,6-10H2,1-5H3. The minimum atomic E-state index is -0.0743. The first-order valence-corrected chi connectivity index (χ1v) is 6.65. The van der Waals surface area contributed by atoms with Gasteiger partial charge in [0.25, 0.3) is 0 Å². The Balaban J connectivity index is 3.97. The van der Waals surface area contributed by atoms with Crippen LogP contribution < -0.4 is 0 Å². The van der Waals surface area contributed by atoms with Gasteiger partial charge in [-0.15, -0.1) is 0 Å². The van der Waals surface area contributed by atoms with Gasteiger partial charge in [-0.25, -0.2) is 0 Å². The highest BCUT2D eigenvalue weighted by atomic mass is 16.3. The maximum Gasteiger partial charge on any atom is 0.0568 e. The minimum absolute atomic E-state index is 0.0743. The molecule has 2 unspecified atom stereocenters. The summed E-state index contributed by atoms with van der Waals surface area (Å²) in [6.45, 7) is 11.2. The smallest absolute Gasteiger partial charge is 0.0568 e. The van der Waals surface area contributed by atoms with E-state index in [9.17, 15) is 5.11 Å². The maximum atomic E-state index is 10.1. The number of rotatable bonds is 8. The van der Waals surface area contributed by atoms with Crippen molar-refractivity contribution in [1.82, 2.24) is 0 Å². The third-order valence-corrected chi connectivity index (χ3v) is 3.02. The molecule has 15 heavy (non-hydrogen) atoms. The number of aliphatic hydroxyl groups is 1. The van der Waals surface area contributed by atoms with Crippen molar-refractivity contribution < 1.29 is 5.11 Å². The molecule has 0 radical (unpaired) electrons. The van der Waals surface area contributed by atoms with E-state index in [-0.39, 0.29) is 6.10 Å². The number of hydrogen-bond donors (Lipinski definition) is 1. The Morgan fingerprint density at radius 1 is 0.867 bits per heavy atom. The Hall–Kier alpha value is -0.0400. The summed E-state index contributed by atoms with van der Waals surface area (Å²) in [7, 11) is 0. The molecule has 0 aliphatic heterocycles.